The number of hydrogen-bond acceptors (Lipinski definition) is 11. The Labute approximate surface area is 347 Å². The van der Waals surface area contributed by atoms with Crippen LogP contribution in [0, 0.1) is 0 Å². The van der Waals surface area contributed by atoms with Crippen molar-refractivity contribution < 1.29 is 66.7 Å². The predicted octanol–water partition coefficient (Wildman–Crippen LogP) is 9.20. The van der Waals surface area contributed by atoms with E-state index in [4.69, 9.17) is 23.8 Å². The Morgan fingerprint density at radius 2 is 1.14 bits per heavy atom. The Balaban J connectivity index is 4.69. The number of carbonyl (C=O) groups excluding carboxylic acids is 2. The van der Waals surface area contributed by atoms with Crippen molar-refractivity contribution in [3.63, 3.8) is 0 Å². The van der Waals surface area contributed by atoms with Crippen LogP contribution in [0.1, 0.15) is 136 Å². The maximum atomic E-state index is 12.6. The number of phosphoric acid groups is 2. The monoisotopic (exact) mass is 862 g/mol. The van der Waals surface area contributed by atoms with Crippen LogP contribution >= 0.6 is 15.6 Å². The Hall–Kier alpha value is -2.48. The first-order valence-corrected chi connectivity index (χ1v) is 23.8. The van der Waals surface area contributed by atoms with Gasteiger partial charge in [-0.1, -0.05) is 119 Å². The molecule has 0 bridgehead atoms. The van der Waals surface area contributed by atoms with Crippen LogP contribution in [0.3, 0.4) is 0 Å². The van der Waals surface area contributed by atoms with Crippen molar-refractivity contribution >= 4 is 27.6 Å². The minimum atomic E-state index is -4.88. The Morgan fingerprint density at radius 3 is 1.81 bits per heavy atom. The van der Waals surface area contributed by atoms with E-state index >= 15 is 0 Å². The second-order valence-electron chi connectivity index (χ2n) is 13.7. The number of aliphatic hydroxyl groups is 2. The van der Waals surface area contributed by atoms with Gasteiger partial charge in [0.1, 0.15) is 12.7 Å². The summed E-state index contributed by atoms with van der Waals surface area (Å²) in [5, 5.41) is 19.6. The molecule has 2 unspecified atom stereocenters. The topological polar surface area (TPSA) is 216 Å². The van der Waals surface area contributed by atoms with Gasteiger partial charge in [-0.3, -0.25) is 23.2 Å². The van der Waals surface area contributed by atoms with Gasteiger partial charge in [0.15, 0.2) is 6.10 Å². The molecule has 0 aliphatic rings. The van der Waals surface area contributed by atoms with Crippen molar-refractivity contribution in [2.24, 2.45) is 0 Å². The second kappa shape index (κ2) is 37.5. The minimum Gasteiger partial charge on any atom is -0.462 e. The highest BCUT2D eigenvalue weighted by Crippen LogP contribution is 2.43. The standard InChI is InChI=1S/C42H72O14P2/c1-3-5-7-8-9-10-11-12-13-14-15-18-22-25-29-33-42(46)56-40(37-55-58(50,51)54-35-39(44)34-53-57(47,48)49)36-52-41(45)32-28-24-21-19-16-17-20-23-27-31-38(43)30-26-6-4-2/h6,9-10,12-13,15,18,20,23,26-27,31,38-40,43-44H,3-5,7-8,11,14,16-17,19,21-22,24-25,28-30,32-37H2,1-2H3,(H,50,51)(H2,47,48,49)/b10-9-,13-12-,18-15-,23-20+,26-6+,31-27+/t38?,39-,40+/m0/s1. The lowest BCUT2D eigenvalue weighted by molar-refractivity contribution is -0.161. The first-order chi connectivity index (χ1) is 27.8. The fourth-order valence-electron chi connectivity index (χ4n) is 4.98. The average molecular weight is 863 g/mol. The summed E-state index contributed by atoms with van der Waals surface area (Å²) in [5.41, 5.74) is 0. The van der Waals surface area contributed by atoms with E-state index in [0.29, 0.717) is 19.3 Å². The molecular formula is C42H72O14P2. The number of esters is 2. The van der Waals surface area contributed by atoms with Gasteiger partial charge in [0, 0.05) is 12.8 Å². The summed E-state index contributed by atoms with van der Waals surface area (Å²) in [4.78, 5) is 52.6. The molecule has 14 nitrogen and oxygen atoms in total. The zero-order valence-corrected chi connectivity index (χ0v) is 36.5. The zero-order chi connectivity index (χ0) is 43.2. The molecule has 0 aliphatic carbocycles. The molecule has 0 aromatic carbocycles. The molecule has 0 heterocycles. The molecule has 0 aliphatic heterocycles. The van der Waals surface area contributed by atoms with Crippen molar-refractivity contribution in [1.82, 2.24) is 0 Å². The lowest BCUT2D eigenvalue weighted by Crippen LogP contribution is -2.30. The molecule has 0 aromatic heterocycles. The van der Waals surface area contributed by atoms with Gasteiger partial charge in [-0.05, 0) is 77.0 Å². The molecule has 0 spiro atoms. The first-order valence-electron chi connectivity index (χ1n) is 20.7. The summed E-state index contributed by atoms with van der Waals surface area (Å²) >= 11 is 0. The fraction of sp³-hybridized carbons (Fsp3) is 0.667. The van der Waals surface area contributed by atoms with E-state index in [9.17, 15) is 33.8 Å². The SMILES string of the molecule is CC/C=C/CC(O)/C=C/C=C/CCCCCCCC(=O)OC[C@H](COP(=O)(O)OC[C@@H](O)COP(=O)(O)O)OC(=O)CCCC/C=C\C/C=C\C/C=C\CCCCC. The van der Waals surface area contributed by atoms with Crippen molar-refractivity contribution in [2.45, 2.75) is 154 Å². The van der Waals surface area contributed by atoms with Gasteiger partial charge < -0.3 is 34.4 Å². The van der Waals surface area contributed by atoms with Crippen LogP contribution in [0.5, 0.6) is 0 Å². The molecule has 0 saturated heterocycles. The highest BCUT2D eigenvalue weighted by Gasteiger charge is 2.28. The summed E-state index contributed by atoms with van der Waals surface area (Å²) < 4.78 is 47.6. The Bertz CT molecular complexity index is 1320. The summed E-state index contributed by atoms with van der Waals surface area (Å²) in [7, 11) is -9.71. The Kier molecular flexibility index (Phi) is 35.9. The number of ether oxygens (including phenoxy) is 2. The molecule has 5 N–H and O–H groups in total. The van der Waals surface area contributed by atoms with E-state index in [-0.39, 0.29) is 12.8 Å². The molecule has 0 aromatic rings. The van der Waals surface area contributed by atoms with Crippen molar-refractivity contribution in [2.75, 3.05) is 26.4 Å². The predicted molar refractivity (Wildman–Crippen MR) is 226 cm³/mol. The highest BCUT2D eigenvalue weighted by atomic mass is 31.2. The van der Waals surface area contributed by atoms with E-state index in [1.54, 1.807) is 6.08 Å². The summed E-state index contributed by atoms with van der Waals surface area (Å²) in [6, 6.07) is 0. The van der Waals surface area contributed by atoms with Gasteiger partial charge in [-0.15, -0.1) is 0 Å². The smallest absolute Gasteiger partial charge is 0.462 e. The summed E-state index contributed by atoms with van der Waals surface area (Å²) in [6.07, 6.45) is 36.6. The number of phosphoric ester groups is 2. The molecule has 0 amide bonds. The third kappa shape index (κ3) is 40.3. The van der Waals surface area contributed by atoms with Gasteiger partial charge in [0.25, 0.3) is 0 Å². The molecule has 0 saturated carbocycles. The molecule has 0 rings (SSSR count). The van der Waals surface area contributed by atoms with Crippen molar-refractivity contribution in [3.8, 4) is 0 Å². The van der Waals surface area contributed by atoms with Crippen LogP contribution in [-0.2, 0) is 41.8 Å². The van der Waals surface area contributed by atoms with Crippen molar-refractivity contribution in [3.05, 3.63) is 72.9 Å². The normalized spacial score (nSPS) is 15.4. The fourth-order valence-corrected chi connectivity index (χ4v) is 6.13. The van der Waals surface area contributed by atoms with Crippen LogP contribution in [0.15, 0.2) is 72.9 Å². The average Bonchev–Trinajstić information content (AvgIpc) is 3.17. The van der Waals surface area contributed by atoms with E-state index in [1.165, 1.54) is 19.3 Å². The lowest BCUT2D eigenvalue weighted by atomic mass is 10.1. The molecule has 0 fully saturated rings. The quantitative estimate of drug-likeness (QED) is 0.0129. The number of unbranched alkanes of at least 4 members (excludes halogenated alkanes) is 10. The summed E-state index contributed by atoms with van der Waals surface area (Å²) in [5.74, 6) is -1.14. The third-order valence-electron chi connectivity index (χ3n) is 8.15. The maximum Gasteiger partial charge on any atom is 0.472 e. The number of carbonyl (C=O) groups is 2. The van der Waals surface area contributed by atoms with Crippen LogP contribution in [0.25, 0.3) is 0 Å². The Morgan fingerprint density at radius 1 is 0.586 bits per heavy atom. The van der Waals surface area contributed by atoms with Crippen LogP contribution in [0.2, 0.25) is 0 Å². The number of rotatable bonds is 38. The molecular weight excluding hydrogens is 790 g/mol. The van der Waals surface area contributed by atoms with Crippen LogP contribution < -0.4 is 0 Å². The van der Waals surface area contributed by atoms with E-state index in [1.807, 2.05) is 31.2 Å². The van der Waals surface area contributed by atoms with E-state index in [0.717, 1.165) is 70.6 Å². The van der Waals surface area contributed by atoms with E-state index < -0.39 is 72.3 Å². The highest BCUT2D eigenvalue weighted by molar-refractivity contribution is 7.47. The molecule has 0 radical (unpaired) electrons. The first kappa shape index (κ1) is 55.5. The van der Waals surface area contributed by atoms with Gasteiger partial charge in [-0.25, -0.2) is 9.13 Å². The van der Waals surface area contributed by atoms with Gasteiger partial charge >= 0.3 is 27.6 Å². The van der Waals surface area contributed by atoms with Crippen LogP contribution in [-0.4, -0.2) is 81.6 Å². The van der Waals surface area contributed by atoms with Crippen molar-refractivity contribution in [1.29, 1.82) is 0 Å². The minimum absolute atomic E-state index is 0.0639. The second-order valence-corrected chi connectivity index (χ2v) is 16.4. The molecule has 334 valence electrons. The van der Waals surface area contributed by atoms with Gasteiger partial charge in [0.05, 0.1) is 25.9 Å². The lowest BCUT2D eigenvalue weighted by Gasteiger charge is -2.20. The summed E-state index contributed by atoms with van der Waals surface area (Å²) in [6.45, 7) is 1.41. The van der Waals surface area contributed by atoms with Gasteiger partial charge in [-0.2, -0.15) is 0 Å². The number of allylic oxidation sites excluding steroid dienone is 10. The molecule has 4 atom stereocenters. The zero-order valence-electron chi connectivity index (χ0n) is 34.7. The molecule has 58 heavy (non-hydrogen) atoms. The number of aliphatic hydroxyl groups excluding tert-OH is 2. The van der Waals surface area contributed by atoms with Crippen LogP contribution in [0.4, 0.5) is 0 Å². The third-order valence-corrected chi connectivity index (χ3v) is 9.59. The van der Waals surface area contributed by atoms with Gasteiger partial charge in [0.2, 0.25) is 0 Å². The molecule has 16 heteroatoms. The maximum absolute atomic E-state index is 12.6. The number of hydrogen-bond donors (Lipinski definition) is 5. The largest absolute Gasteiger partial charge is 0.472 e. The van der Waals surface area contributed by atoms with E-state index in [2.05, 4.69) is 58.5 Å².